The molecule has 0 saturated carbocycles. The van der Waals surface area contributed by atoms with E-state index in [9.17, 15) is 4.79 Å². The molecule has 18 heavy (non-hydrogen) atoms. The van der Waals surface area contributed by atoms with Crippen LogP contribution in [-0.2, 0) is 11.2 Å². The molecule has 10 heteroatoms. The molecule has 0 aliphatic heterocycles. The molecule has 2 aromatic rings. The van der Waals surface area contributed by atoms with Crippen LogP contribution >= 0.6 is 66.3 Å². The Morgan fingerprint density at radius 1 is 1.28 bits per heavy atom. The molecule has 0 bridgehead atoms. The number of thiazole rings is 1. The Labute approximate surface area is 131 Å². The zero-order valence-corrected chi connectivity index (χ0v) is 14.2. The van der Waals surface area contributed by atoms with Gasteiger partial charge in [0.2, 0.25) is 0 Å². The molecular formula is C8H5Br2N3O2S3. The van der Waals surface area contributed by atoms with Crippen molar-refractivity contribution >= 4 is 72.3 Å². The van der Waals surface area contributed by atoms with Crippen LogP contribution in [0.3, 0.4) is 0 Å². The molecule has 0 saturated heterocycles. The summed E-state index contributed by atoms with van der Waals surface area (Å²) >= 11 is 11.0. The highest BCUT2D eigenvalue weighted by Gasteiger charge is 2.12. The lowest BCUT2D eigenvalue weighted by Crippen LogP contribution is -1.96. The summed E-state index contributed by atoms with van der Waals surface area (Å²) in [4.78, 5) is 14.7. The van der Waals surface area contributed by atoms with Crippen LogP contribution in [0.5, 0.6) is 0 Å². The van der Waals surface area contributed by atoms with Gasteiger partial charge < -0.3 is 5.11 Å². The van der Waals surface area contributed by atoms with Gasteiger partial charge >= 0.3 is 5.97 Å². The van der Waals surface area contributed by atoms with E-state index in [4.69, 9.17) is 5.11 Å². The van der Waals surface area contributed by atoms with Crippen molar-refractivity contribution in [3.8, 4) is 0 Å². The van der Waals surface area contributed by atoms with Crippen LogP contribution in [0.25, 0.3) is 0 Å². The number of aromatic nitrogens is 3. The van der Waals surface area contributed by atoms with E-state index in [0.717, 1.165) is 22.1 Å². The minimum atomic E-state index is -0.827. The van der Waals surface area contributed by atoms with E-state index in [1.165, 1.54) is 34.4 Å². The van der Waals surface area contributed by atoms with Gasteiger partial charge in [-0.1, -0.05) is 22.7 Å². The van der Waals surface area contributed by atoms with Crippen LogP contribution in [0.4, 0.5) is 0 Å². The summed E-state index contributed by atoms with van der Waals surface area (Å²) in [5, 5.41) is 17.3. The van der Waals surface area contributed by atoms with E-state index in [2.05, 4.69) is 47.0 Å². The third-order valence-electron chi connectivity index (χ3n) is 1.70. The van der Waals surface area contributed by atoms with Crippen molar-refractivity contribution in [3.63, 3.8) is 0 Å². The molecule has 0 aliphatic carbocycles. The maximum Gasteiger partial charge on any atom is 0.303 e. The number of carbonyl (C=O) groups is 1. The van der Waals surface area contributed by atoms with Crippen LogP contribution in [0, 0.1) is 0 Å². The van der Waals surface area contributed by atoms with Gasteiger partial charge in [-0.25, -0.2) is 4.98 Å². The normalized spacial score (nSPS) is 10.8. The average molecular weight is 431 g/mol. The van der Waals surface area contributed by atoms with E-state index in [1.807, 2.05) is 0 Å². The summed E-state index contributed by atoms with van der Waals surface area (Å²) < 4.78 is 3.32. The SMILES string of the molecule is O=C(O)CCc1nnc(Sc2nc(Br)c(Br)s2)s1. The molecule has 2 rings (SSSR count). The zero-order chi connectivity index (χ0) is 13.1. The molecule has 0 amide bonds. The lowest BCUT2D eigenvalue weighted by Gasteiger charge is -1.89. The lowest BCUT2D eigenvalue weighted by molar-refractivity contribution is -0.136. The van der Waals surface area contributed by atoms with Gasteiger partial charge in [0.25, 0.3) is 0 Å². The molecule has 2 heterocycles. The Kier molecular flexibility index (Phi) is 5.13. The Morgan fingerprint density at radius 2 is 2.06 bits per heavy atom. The summed E-state index contributed by atoms with van der Waals surface area (Å²) in [5.41, 5.74) is 0. The van der Waals surface area contributed by atoms with Gasteiger partial charge in [-0.05, 0) is 43.6 Å². The average Bonchev–Trinajstić information content (AvgIpc) is 2.85. The summed E-state index contributed by atoms with van der Waals surface area (Å²) in [6.07, 6.45) is 0.493. The van der Waals surface area contributed by atoms with Crippen LogP contribution in [0.2, 0.25) is 0 Å². The Balaban J connectivity index is 2.00. The highest BCUT2D eigenvalue weighted by Crippen LogP contribution is 2.38. The molecule has 0 fully saturated rings. The third-order valence-corrected chi connectivity index (χ3v) is 6.87. The van der Waals surface area contributed by atoms with Crippen molar-refractivity contribution in [2.45, 2.75) is 21.5 Å². The molecule has 0 atom stereocenters. The van der Waals surface area contributed by atoms with E-state index in [-0.39, 0.29) is 6.42 Å². The monoisotopic (exact) mass is 429 g/mol. The lowest BCUT2D eigenvalue weighted by atomic mass is 10.3. The summed E-state index contributed by atoms with van der Waals surface area (Å²) in [5.74, 6) is -0.827. The van der Waals surface area contributed by atoms with Crippen LogP contribution in [-0.4, -0.2) is 26.3 Å². The van der Waals surface area contributed by atoms with Crippen molar-refractivity contribution in [1.29, 1.82) is 0 Å². The number of hydrogen-bond donors (Lipinski definition) is 1. The van der Waals surface area contributed by atoms with Crippen LogP contribution < -0.4 is 0 Å². The summed E-state index contributed by atoms with van der Waals surface area (Å²) in [7, 11) is 0. The highest BCUT2D eigenvalue weighted by atomic mass is 79.9. The summed E-state index contributed by atoms with van der Waals surface area (Å²) in [6, 6.07) is 0. The van der Waals surface area contributed by atoms with E-state index in [1.54, 1.807) is 0 Å². The molecule has 0 aliphatic rings. The predicted octanol–water partition coefficient (Wildman–Crippen LogP) is 3.69. The second-order valence-corrected chi connectivity index (χ2v) is 8.63. The Morgan fingerprint density at radius 3 is 2.67 bits per heavy atom. The maximum absolute atomic E-state index is 10.4. The third kappa shape index (κ3) is 3.98. The molecule has 0 aromatic carbocycles. The number of carboxylic acid groups (broad SMARTS) is 1. The fourth-order valence-corrected chi connectivity index (χ4v) is 5.36. The molecule has 2 aromatic heterocycles. The number of hydrogen-bond acceptors (Lipinski definition) is 7. The first-order valence-electron chi connectivity index (χ1n) is 4.58. The van der Waals surface area contributed by atoms with E-state index >= 15 is 0 Å². The van der Waals surface area contributed by atoms with E-state index in [0.29, 0.717) is 6.42 Å². The topological polar surface area (TPSA) is 76.0 Å². The highest BCUT2D eigenvalue weighted by molar-refractivity contribution is 9.13. The van der Waals surface area contributed by atoms with Gasteiger partial charge in [0, 0.05) is 6.42 Å². The fourth-order valence-electron chi connectivity index (χ4n) is 0.978. The van der Waals surface area contributed by atoms with Crippen molar-refractivity contribution in [2.75, 3.05) is 0 Å². The molecule has 0 radical (unpaired) electrons. The van der Waals surface area contributed by atoms with Gasteiger partial charge in [-0.15, -0.1) is 10.2 Å². The van der Waals surface area contributed by atoms with Gasteiger partial charge in [-0.2, -0.15) is 0 Å². The minimum absolute atomic E-state index is 0.0770. The number of rotatable bonds is 5. The maximum atomic E-state index is 10.4. The van der Waals surface area contributed by atoms with Crippen molar-refractivity contribution in [1.82, 2.24) is 15.2 Å². The largest absolute Gasteiger partial charge is 0.481 e. The van der Waals surface area contributed by atoms with Gasteiger partial charge in [0.05, 0.1) is 6.42 Å². The van der Waals surface area contributed by atoms with E-state index < -0.39 is 5.97 Å². The number of aryl methyl sites for hydroxylation is 1. The first-order valence-corrected chi connectivity index (χ1v) is 8.62. The van der Waals surface area contributed by atoms with Gasteiger partial charge in [0.1, 0.15) is 13.4 Å². The molecule has 1 N–H and O–H groups in total. The smallest absolute Gasteiger partial charge is 0.303 e. The van der Waals surface area contributed by atoms with Gasteiger partial charge in [-0.3, -0.25) is 4.79 Å². The molecule has 5 nitrogen and oxygen atoms in total. The minimum Gasteiger partial charge on any atom is -0.481 e. The second-order valence-electron chi connectivity index (χ2n) is 3.00. The molecule has 0 unspecified atom stereocenters. The Hall–Kier alpha value is -0.0300. The standard InChI is InChI=1S/C8H5Br2N3O2S3/c9-5-6(10)17-7(11-5)18-8-13-12-3(16-8)1-2-4(14)15/h1-2H2,(H,14,15). The van der Waals surface area contributed by atoms with Crippen LogP contribution in [0.1, 0.15) is 11.4 Å². The first-order chi connectivity index (χ1) is 8.54. The van der Waals surface area contributed by atoms with Crippen LogP contribution in [0.15, 0.2) is 17.1 Å². The molecule has 96 valence electrons. The first kappa shape index (κ1) is 14.4. The summed E-state index contributed by atoms with van der Waals surface area (Å²) in [6.45, 7) is 0. The Bertz CT molecular complexity index is 552. The number of carboxylic acids is 1. The fraction of sp³-hybridized carbons (Fsp3) is 0.250. The number of halogens is 2. The van der Waals surface area contributed by atoms with Crippen molar-refractivity contribution in [3.05, 3.63) is 13.4 Å². The second kappa shape index (κ2) is 6.42. The number of nitrogens with zero attached hydrogens (tertiary/aromatic N) is 3. The van der Waals surface area contributed by atoms with Crippen molar-refractivity contribution in [2.24, 2.45) is 0 Å². The molecular weight excluding hydrogens is 426 g/mol. The quantitative estimate of drug-likeness (QED) is 0.779. The zero-order valence-electron chi connectivity index (χ0n) is 8.59. The number of aliphatic carboxylic acids is 1. The van der Waals surface area contributed by atoms with Crippen molar-refractivity contribution < 1.29 is 9.90 Å². The predicted molar refractivity (Wildman–Crippen MR) is 77.5 cm³/mol. The van der Waals surface area contributed by atoms with Gasteiger partial charge in [0.15, 0.2) is 8.68 Å². The molecule has 0 spiro atoms.